The summed E-state index contributed by atoms with van der Waals surface area (Å²) in [6, 6.07) is 1.07. The van der Waals surface area contributed by atoms with Crippen molar-refractivity contribution >= 4 is 6.21 Å². The minimum Gasteiger partial charge on any atom is -0.153 e. The van der Waals surface area contributed by atoms with Crippen LogP contribution >= 0.6 is 0 Å². The molecule has 1 fully saturated rings. The third-order valence-corrected chi connectivity index (χ3v) is 2.65. The largest absolute Gasteiger partial charge is 0.153 e. The highest BCUT2D eigenvalue weighted by molar-refractivity contribution is 5.74. The number of rotatable bonds is 2. The molecule has 2 aliphatic rings. The van der Waals surface area contributed by atoms with E-state index < -0.39 is 0 Å². The summed E-state index contributed by atoms with van der Waals surface area (Å²) in [5, 5.41) is 11.3. The van der Waals surface area contributed by atoms with Gasteiger partial charge in [-0.15, -0.1) is 5.10 Å². The molecule has 2 rings (SSSR count). The van der Waals surface area contributed by atoms with Crippen LogP contribution in [0.3, 0.4) is 0 Å². The zero-order valence-electron chi connectivity index (χ0n) is 7.24. The number of hydrogen-bond donors (Lipinski definition) is 0. The van der Waals surface area contributed by atoms with Gasteiger partial charge in [0.1, 0.15) is 0 Å². The van der Waals surface area contributed by atoms with Crippen LogP contribution in [0.15, 0.2) is 15.4 Å². The fourth-order valence-corrected chi connectivity index (χ4v) is 1.98. The lowest BCUT2D eigenvalue weighted by Crippen LogP contribution is -2.09. The van der Waals surface area contributed by atoms with E-state index in [-0.39, 0.29) is 0 Å². The van der Waals surface area contributed by atoms with Crippen molar-refractivity contribution in [1.82, 2.24) is 0 Å². The average Bonchev–Trinajstić information content (AvgIpc) is 2.59. The van der Waals surface area contributed by atoms with Crippen LogP contribution < -0.4 is 0 Å². The third-order valence-electron chi connectivity index (χ3n) is 2.65. The van der Waals surface area contributed by atoms with E-state index in [0.717, 1.165) is 18.4 Å². The third kappa shape index (κ3) is 1.90. The Morgan fingerprint density at radius 1 is 1.25 bits per heavy atom. The van der Waals surface area contributed by atoms with Gasteiger partial charge in [-0.1, -0.05) is 32.1 Å². The summed E-state index contributed by atoms with van der Waals surface area (Å²) in [5.41, 5.74) is 0. The van der Waals surface area contributed by atoms with Crippen molar-refractivity contribution in [2.24, 2.45) is 21.4 Å². The van der Waals surface area contributed by atoms with Crippen molar-refractivity contribution in [2.45, 2.75) is 38.5 Å². The van der Waals surface area contributed by atoms with Crippen LogP contribution in [0.2, 0.25) is 0 Å². The zero-order valence-corrected chi connectivity index (χ0v) is 7.24. The van der Waals surface area contributed by atoms with Crippen LogP contribution in [-0.2, 0) is 0 Å². The summed E-state index contributed by atoms with van der Waals surface area (Å²) >= 11 is 0. The van der Waals surface area contributed by atoms with E-state index in [4.69, 9.17) is 0 Å². The van der Waals surface area contributed by atoms with Gasteiger partial charge in [-0.25, -0.2) is 0 Å². The Hall–Kier alpha value is -0.730. The minimum atomic E-state index is 0.845. The first-order valence-corrected chi connectivity index (χ1v) is 4.75. The lowest BCUT2D eigenvalue weighted by atomic mass is 9.85. The smallest absolute Gasteiger partial charge is 0.153 e. The molecule has 0 unspecified atom stereocenters. The fourth-order valence-electron chi connectivity index (χ4n) is 1.98. The van der Waals surface area contributed by atoms with E-state index >= 15 is 0 Å². The van der Waals surface area contributed by atoms with E-state index in [0.29, 0.717) is 0 Å². The van der Waals surface area contributed by atoms with Crippen LogP contribution in [0.5, 0.6) is 0 Å². The molecule has 1 aliphatic carbocycles. The van der Waals surface area contributed by atoms with Gasteiger partial charge < -0.3 is 0 Å². The topological polar surface area (TPSA) is 37.1 Å². The molecule has 3 heteroatoms. The van der Waals surface area contributed by atoms with Crippen LogP contribution in [0, 0.1) is 12.0 Å². The second-order valence-electron chi connectivity index (χ2n) is 3.63. The molecule has 12 heavy (non-hydrogen) atoms. The summed E-state index contributed by atoms with van der Waals surface area (Å²) in [6.07, 6.45) is 9.82. The van der Waals surface area contributed by atoms with E-state index in [1.54, 1.807) is 6.21 Å². The lowest BCUT2D eigenvalue weighted by molar-refractivity contribution is 0.349. The molecule has 0 aromatic rings. The average molecular weight is 164 g/mol. The zero-order chi connectivity index (χ0) is 8.23. The van der Waals surface area contributed by atoms with Crippen LogP contribution in [0.4, 0.5) is 0 Å². The van der Waals surface area contributed by atoms with Crippen LogP contribution in [0.25, 0.3) is 0 Å². The second-order valence-corrected chi connectivity index (χ2v) is 3.63. The molecular formula is C9H14N3. The highest BCUT2D eigenvalue weighted by Crippen LogP contribution is 2.30. The Labute approximate surface area is 73.0 Å². The Bertz CT molecular complexity index is 180. The minimum absolute atomic E-state index is 0.845. The predicted molar refractivity (Wildman–Crippen MR) is 47.8 cm³/mol. The summed E-state index contributed by atoms with van der Waals surface area (Å²) in [6.45, 7) is 0. The molecule has 1 saturated carbocycles. The van der Waals surface area contributed by atoms with E-state index in [9.17, 15) is 0 Å². The molecule has 65 valence electrons. The highest BCUT2D eigenvalue weighted by Gasteiger charge is 2.19. The van der Waals surface area contributed by atoms with Gasteiger partial charge in [0, 0.05) is 0 Å². The van der Waals surface area contributed by atoms with Crippen molar-refractivity contribution in [3.63, 3.8) is 0 Å². The number of nitrogens with zero attached hydrogens (tertiary/aromatic N) is 3. The normalized spacial score (nSPS) is 25.3. The molecule has 0 atom stereocenters. The molecule has 1 aliphatic heterocycles. The summed E-state index contributed by atoms with van der Waals surface area (Å²) in [5.74, 6) is 0.845. The maximum atomic E-state index is 3.95. The van der Waals surface area contributed by atoms with E-state index in [1.807, 2.05) is 0 Å². The Morgan fingerprint density at radius 3 is 2.75 bits per heavy atom. The van der Waals surface area contributed by atoms with Crippen molar-refractivity contribution in [2.75, 3.05) is 0 Å². The Balaban J connectivity index is 1.77. The predicted octanol–water partition coefficient (Wildman–Crippen LogP) is 2.94. The van der Waals surface area contributed by atoms with E-state index in [1.165, 1.54) is 32.1 Å². The maximum Gasteiger partial charge on any atom is 0.153 e. The highest BCUT2D eigenvalue weighted by atomic mass is 15.4. The van der Waals surface area contributed by atoms with Gasteiger partial charge in [0.2, 0.25) is 0 Å². The van der Waals surface area contributed by atoms with Crippen molar-refractivity contribution in [1.29, 1.82) is 0 Å². The number of hydrogen-bond acceptors (Lipinski definition) is 3. The van der Waals surface area contributed by atoms with Gasteiger partial charge in [-0.05, 0) is 17.6 Å². The Morgan fingerprint density at radius 2 is 2.08 bits per heavy atom. The standard InChI is InChI=1S/C9H14N3/c1-2-4-8(5-3-1)6-9-7-10-12-11-9/h7-8H,1-6H2. The van der Waals surface area contributed by atoms with E-state index in [2.05, 4.69) is 15.4 Å². The quantitative estimate of drug-likeness (QED) is 0.601. The molecule has 3 nitrogen and oxygen atoms in total. The first-order valence-electron chi connectivity index (χ1n) is 4.75. The monoisotopic (exact) mass is 164 g/mol. The summed E-state index contributed by atoms with van der Waals surface area (Å²) < 4.78 is 0. The molecule has 0 amide bonds. The second kappa shape index (κ2) is 3.78. The van der Waals surface area contributed by atoms with Crippen LogP contribution in [0.1, 0.15) is 38.5 Å². The molecule has 0 aromatic carbocycles. The van der Waals surface area contributed by atoms with Gasteiger partial charge in [0.15, 0.2) is 6.04 Å². The first kappa shape index (κ1) is 7.90. The van der Waals surface area contributed by atoms with Gasteiger partial charge in [0.05, 0.1) is 6.21 Å². The van der Waals surface area contributed by atoms with Crippen molar-refractivity contribution in [3.05, 3.63) is 6.04 Å². The summed E-state index contributed by atoms with van der Waals surface area (Å²) in [4.78, 5) is 0. The van der Waals surface area contributed by atoms with Gasteiger partial charge >= 0.3 is 0 Å². The fraction of sp³-hybridized carbons (Fsp3) is 0.778. The molecule has 1 heterocycles. The molecule has 1 radical (unpaired) electrons. The SMILES string of the molecule is C1=NN=N[C]1CC1CCCCC1. The molecule has 0 bridgehead atoms. The van der Waals surface area contributed by atoms with Crippen LogP contribution in [-0.4, -0.2) is 6.21 Å². The molecule has 0 saturated heterocycles. The van der Waals surface area contributed by atoms with Crippen molar-refractivity contribution < 1.29 is 0 Å². The maximum absolute atomic E-state index is 3.95. The van der Waals surface area contributed by atoms with Gasteiger partial charge in [-0.3, -0.25) is 0 Å². The molecular weight excluding hydrogens is 150 g/mol. The summed E-state index contributed by atoms with van der Waals surface area (Å²) in [7, 11) is 0. The molecule has 0 N–H and O–H groups in total. The van der Waals surface area contributed by atoms with Gasteiger partial charge in [0.25, 0.3) is 0 Å². The molecule has 0 aromatic heterocycles. The lowest BCUT2D eigenvalue weighted by Gasteiger charge is -2.21. The molecule has 0 spiro atoms. The van der Waals surface area contributed by atoms with Gasteiger partial charge in [-0.2, -0.15) is 5.11 Å². The first-order chi connectivity index (χ1) is 5.95. The van der Waals surface area contributed by atoms with Crippen molar-refractivity contribution in [3.8, 4) is 0 Å². The Kier molecular flexibility index (Phi) is 2.49.